The normalized spacial score (nSPS) is 14.8. The highest BCUT2D eigenvalue weighted by Crippen LogP contribution is 2.47. The van der Waals surface area contributed by atoms with Crippen LogP contribution < -0.4 is 0 Å². The number of rotatable bonds is 4. The minimum atomic E-state index is -0.657. The van der Waals surface area contributed by atoms with E-state index in [0.717, 1.165) is 43.8 Å². The molecule has 0 atom stereocenters. The highest BCUT2D eigenvalue weighted by Gasteiger charge is 2.21. The molecule has 0 fully saturated rings. The van der Waals surface area contributed by atoms with Gasteiger partial charge in [-0.05, 0) is 77.8 Å². The van der Waals surface area contributed by atoms with Crippen LogP contribution in [0.25, 0.3) is 98.8 Å². The minimum absolute atomic E-state index is 0.0517. The van der Waals surface area contributed by atoms with Crippen molar-refractivity contribution in [2.75, 3.05) is 0 Å². The summed E-state index contributed by atoms with van der Waals surface area (Å²) in [5.41, 5.74) is 3.72. The fourth-order valence-corrected chi connectivity index (χ4v) is 7.25. The molecule has 1 aromatic heterocycles. The van der Waals surface area contributed by atoms with Gasteiger partial charge in [0.1, 0.15) is 11.2 Å². The van der Waals surface area contributed by atoms with Gasteiger partial charge in [-0.15, -0.1) is 0 Å². The quantitative estimate of drug-likeness (QED) is 0.176. The second-order valence-electron chi connectivity index (χ2n) is 12.0. The Labute approximate surface area is 299 Å². The number of hydrogen-bond donors (Lipinski definition) is 0. The minimum Gasteiger partial charge on any atom is -0.455 e. The van der Waals surface area contributed by atoms with Gasteiger partial charge in [0.05, 0.1) is 15.1 Å². The van der Waals surface area contributed by atoms with Crippen LogP contribution in [0.4, 0.5) is 0 Å². The van der Waals surface area contributed by atoms with Crippen molar-refractivity contribution in [1.82, 2.24) is 0 Å². The van der Waals surface area contributed by atoms with Crippen molar-refractivity contribution in [3.05, 3.63) is 182 Å². The van der Waals surface area contributed by atoms with Crippen molar-refractivity contribution in [2.45, 2.75) is 0 Å². The molecule has 9 aromatic carbocycles. The molecule has 0 amide bonds. The molecule has 10 aromatic rings. The van der Waals surface area contributed by atoms with Gasteiger partial charge < -0.3 is 4.42 Å². The number of hydrogen-bond acceptors (Lipinski definition) is 1. The summed E-state index contributed by atoms with van der Waals surface area (Å²) in [5.74, 6) is 0. The van der Waals surface area contributed by atoms with Crippen LogP contribution in [0.2, 0.25) is 0 Å². The molecule has 10 rings (SSSR count). The van der Waals surface area contributed by atoms with E-state index in [-0.39, 0.29) is 44.7 Å². The summed E-state index contributed by atoms with van der Waals surface area (Å²) in [6.07, 6.45) is 0. The Bertz CT molecular complexity index is 3430. The van der Waals surface area contributed by atoms with Gasteiger partial charge in [-0.3, -0.25) is 0 Å². The first-order valence-electron chi connectivity index (χ1n) is 21.5. The lowest BCUT2D eigenvalue weighted by Gasteiger charge is -2.18. The maximum Gasteiger partial charge on any atom is 0.143 e. The third kappa shape index (κ3) is 4.33. The van der Waals surface area contributed by atoms with E-state index in [1.807, 2.05) is 66.7 Å². The molecule has 0 aliphatic rings. The van der Waals surface area contributed by atoms with E-state index in [9.17, 15) is 4.11 Å². The number of benzene rings is 9. The fourth-order valence-electron chi connectivity index (χ4n) is 7.25. The molecule has 0 N–H and O–H groups in total. The van der Waals surface area contributed by atoms with Gasteiger partial charge in [0.15, 0.2) is 0 Å². The van der Waals surface area contributed by atoms with Gasteiger partial charge >= 0.3 is 0 Å². The molecule has 0 radical (unpaired) electrons. The number of para-hydroxylation sites is 1. The second-order valence-corrected chi connectivity index (χ2v) is 12.0. The summed E-state index contributed by atoms with van der Waals surface area (Å²) in [6, 6.07) is 32.2. The van der Waals surface area contributed by atoms with Crippen LogP contribution in [-0.2, 0) is 0 Å². The standard InChI is InChI=1S/C48H30O/c1-2-14-32(15-3-1)37-26-13-29-44-47(37)43-28-12-27-42(48(43)49-44)46-40-23-8-6-21-38(40)45(39-22-7-9-24-41(39)46)34-19-10-18-33(30-34)36-25-11-17-31-16-4-5-20-35(31)36/h1-30H/i1D,2D,3D,12D,13D,14D,15D,26D,27D,28D,29D. The predicted octanol–water partition coefficient (Wildman–Crippen LogP) is 13.7. The Kier molecular flexibility index (Phi) is 4.25. The average Bonchev–Trinajstić information content (AvgIpc) is 3.67. The van der Waals surface area contributed by atoms with Crippen LogP contribution in [0, 0.1) is 0 Å². The van der Waals surface area contributed by atoms with Crippen LogP contribution in [0.1, 0.15) is 15.1 Å². The van der Waals surface area contributed by atoms with Gasteiger partial charge in [0, 0.05) is 21.9 Å². The zero-order valence-corrected chi connectivity index (χ0v) is 25.9. The Balaban J connectivity index is 1.33. The first-order valence-corrected chi connectivity index (χ1v) is 16.0. The zero-order valence-electron chi connectivity index (χ0n) is 36.9. The molecule has 1 heterocycles. The largest absolute Gasteiger partial charge is 0.455 e. The highest BCUT2D eigenvalue weighted by molar-refractivity contribution is 6.25. The molecule has 1 heteroatoms. The molecule has 1 nitrogen and oxygen atoms in total. The predicted molar refractivity (Wildman–Crippen MR) is 208 cm³/mol. The average molecular weight is 634 g/mol. The molecule has 0 spiro atoms. The lowest BCUT2D eigenvalue weighted by Crippen LogP contribution is -1.91. The van der Waals surface area contributed by atoms with E-state index in [1.165, 1.54) is 0 Å². The maximum atomic E-state index is 9.47. The van der Waals surface area contributed by atoms with Crippen LogP contribution in [-0.4, -0.2) is 0 Å². The summed E-state index contributed by atoms with van der Waals surface area (Å²) >= 11 is 0. The van der Waals surface area contributed by atoms with Crippen molar-refractivity contribution in [2.24, 2.45) is 0 Å². The summed E-state index contributed by atoms with van der Waals surface area (Å²) < 4.78 is 104. The number of furan rings is 1. The van der Waals surface area contributed by atoms with E-state index < -0.39 is 60.4 Å². The zero-order chi connectivity index (χ0) is 41.9. The van der Waals surface area contributed by atoms with Crippen LogP contribution in [0.5, 0.6) is 0 Å². The van der Waals surface area contributed by atoms with E-state index in [0.29, 0.717) is 16.3 Å². The van der Waals surface area contributed by atoms with Gasteiger partial charge in [0.2, 0.25) is 0 Å². The first kappa shape index (κ1) is 18.8. The molecule has 0 saturated heterocycles. The number of fused-ring (bicyclic) bond motifs is 6. The molecular formula is C48H30O. The van der Waals surface area contributed by atoms with E-state index in [1.54, 1.807) is 0 Å². The second kappa shape index (κ2) is 11.1. The molecule has 49 heavy (non-hydrogen) atoms. The molecular weight excluding hydrogens is 593 g/mol. The van der Waals surface area contributed by atoms with E-state index in [4.69, 9.17) is 15.4 Å². The lowest BCUT2D eigenvalue weighted by atomic mass is 9.85. The molecule has 0 bridgehead atoms. The molecule has 0 unspecified atom stereocenters. The van der Waals surface area contributed by atoms with Crippen molar-refractivity contribution in [1.29, 1.82) is 0 Å². The van der Waals surface area contributed by atoms with Crippen LogP contribution >= 0.6 is 0 Å². The summed E-state index contributed by atoms with van der Waals surface area (Å²) in [5, 5.41) is 5.21. The van der Waals surface area contributed by atoms with Crippen molar-refractivity contribution in [3.8, 4) is 44.5 Å². The molecule has 0 aliphatic carbocycles. The van der Waals surface area contributed by atoms with Crippen LogP contribution in [0.15, 0.2) is 186 Å². The summed E-state index contributed by atoms with van der Waals surface area (Å²) in [6.45, 7) is 0. The Morgan fingerprint density at radius 1 is 0.388 bits per heavy atom. The topological polar surface area (TPSA) is 13.1 Å². The molecule has 0 saturated carbocycles. The van der Waals surface area contributed by atoms with Gasteiger partial charge in [0.25, 0.3) is 0 Å². The maximum absolute atomic E-state index is 9.47. The van der Waals surface area contributed by atoms with Crippen molar-refractivity contribution in [3.63, 3.8) is 0 Å². The fraction of sp³-hybridized carbons (Fsp3) is 0. The van der Waals surface area contributed by atoms with Crippen LogP contribution in [0.3, 0.4) is 0 Å². The Morgan fingerprint density at radius 3 is 1.78 bits per heavy atom. The third-order valence-electron chi connectivity index (χ3n) is 9.31. The Hall–Kier alpha value is -6.44. The molecule has 0 aliphatic heterocycles. The van der Waals surface area contributed by atoms with Crippen molar-refractivity contribution >= 4 is 54.3 Å². The van der Waals surface area contributed by atoms with Gasteiger partial charge in [-0.1, -0.05) is 170 Å². The molecule has 228 valence electrons. The van der Waals surface area contributed by atoms with Gasteiger partial charge in [-0.2, -0.15) is 0 Å². The van der Waals surface area contributed by atoms with Crippen molar-refractivity contribution < 1.29 is 19.5 Å². The summed E-state index contributed by atoms with van der Waals surface area (Å²) in [7, 11) is 0. The monoisotopic (exact) mass is 633 g/mol. The van der Waals surface area contributed by atoms with E-state index in [2.05, 4.69) is 48.5 Å². The Morgan fingerprint density at radius 2 is 1.00 bits per heavy atom. The summed E-state index contributed by atoms with van der Waals surface area (Å²) in [4.78, 5) is 0. The lowest BCUT2D eigenvalue weighted by molar-refractivity contribution is 0.670. The van der Waals surface area contributed by atoms with E-state index >= 15 is 0 Å². The highest BCUT2D eigenvalue weighted by atomic mass is 16.3. The van der Waals surface area contributed by atoms with Gasteiger partial charge in [-0.25, -0.2) is 0 Å². The first-order chi connectivity index (χ1) is 28.9. The third-order valence-corrected chi connectivity index (χ3v) is 9.31. The smallest absolute Gasteiger partial charge is 0.143 e. The SMILES string of the molecule is [2H]c1c([2H])c([2H])c(-c2c([2H])c([2H])c([2H])c3oc4c(-c5c6ccccc6c(-c6cccc(-c7cccc8ccccc78)c6)c6ccccc56)c([2H])c([2H])c([2H])c4c23)c([2H])c1[2H].